The summed E-state index contributed by atoms with van der Waals surface area (Å²) in [5.41, 5.74) is 1.19. The summed E-state index contributed by atoms with van der Waals surface area (Å²) in [4.78, 5) is 34.5. The van der Waals surface area contributed by atoms with Gasteiger partial charge in [0.15, 0.2) is 13.2 Å². The minimum Gasteiger partial charge on any atom is -0.482 e. The summed E-state index contributed by atoms with van der Waals surface area (Å²) in [5.74, 6) is -0.844. The number of rotatable bonds is 8. The van der Waals surface area contributed by atoms with E-state index in [2.05, 4.69) is 31.4 Å². The first-order valence-electron chi connectivity index (χ1n) is 8.69. The molecule has 0 saturated heterocycles. The van der Waals surface area contributed by atoms with Crippen LogP contribution in [0.5, 0.6) is 5.75 Å². The second-order valence-electron chi connectivity index (χ2n) is 6.88. The van der Waals surface area contributed by atoms with E-state index < -0.39 is 24.5 Å². The third-order valence-electron chi connectivity index (χ3n) is 3.51. The van der Waals surface area contributed by atoms with Crippen LogP contribution in [-0.4, -0.2) is 37.7 Å². The van der Waals surface area contributed by atoms with Crippen LogP contribution < -0.4 is 15.4 Å². The highest BCUT2D eigenvalue weighted by Gasteiger charge is 2.14. The summed E-state index contributed by atoms with van der Waals surface area (Å²) in [7, 11) is 0. The van der Waals surface area contributed by atoms with Gasteiger partial charge in [-0.2, -0.15) is 0 Å². The molecule has 0 atom stereocenters. The Balaban J connectivity index is 2.28. The number of unbranched alkanes of at least 4 members (excludes halogenated alkanes) is 1. The predicted molar refractivity (Wildman–Crippen MR) is 98.0 cm³/mol. The molecule has 0 heterocycles. The highest BCUT2D eigenvalue weighted by Crippen LogP contribution is 2.24. The van der Waals surface area contributed by atoms with E-state index in [1.165, 1.54) is 0 Å². The van der Waals surface area contributed by atoms with Crippen LogP contribution in [-0.2, 0) is 19.7 Å². The lowest BCUT2D eigenvalue weighted by Gasteiger charge is -2.19. The van der Waals surface area contributed by atoms with Gasteiger partial charge in [-0.25, -0.2) is 9.59 Å². The normalized spacial score (nSPS) is 10.8. The average molecular weight is 364 g/mol. The van der Waals surface area contributed by atoms with E-state index >= 15 is 0 Å². The van der Waals surface area contributed by atoms with Crippen LogP contribution in [0.4, 0.5) is 4.79 Å². The van der Waals surface area contributed by atoms with Crippen molar-refractivity contribution in [3.05, 3.63) is 29.8 Å². The monoisotopic (exact) mass is 364 g/mol. The standard InChI is InChI=1S/C19H28N2O5/c1-5-6-11-20-18(24)21-16(22)12-26-17(23)13-25-15-9-7-14(8-10-15)19(2,3)4/h7-10H,5-6,11-13H2,1-4H3,(H2,20,21,22,24). The number of esters is 1. The second-order valence-corrected chi connectivity index (χ2v) is 6.88. The Morgan fingerprint density at radius 3 is 2.27 bits per heavy atom. The van der Waals surface area contributed by atoms with Crippen molar-refractivity contribution in [1.29, 1.82) is 0 Å². The van der Waals surface area contributed by atoms with Crippen molar-refractivity contribution >= 4 is 17.9 Å². The topological polar surface area (TPSA) is 93.7 Å². The van der Waals surface area contributed by atoms with E-state index in [1.54, 1.807) is 12.1 Å². The molecular formula is C19H28N2O5. The van der Waals surface area contributed by atoms with Crippen LogP contribution in [0.2, 0.25) is 0 Å². The number of amides is 3. The van der Waals surface area contributed by atoms with Gasteiger partial charge in [-0.3, -0.25) is 10.1 Å². The summed E-state index contributed by atoms with van der Waals surface area (Å²) in [6.07, 6.45) is 1.76. The molecule has 0 aliphatic heterocycles. The Morgan fingerprint density at radius 1 is 1.04 bits per heavy atom. The molecule has 0 unspecified atom stereocenters. The average Bonchev–Trinajstić information content (AvgIpc) is 2.58. The number of nitrogens with one attached hydrogen (secondary N) is 2. The zero-order valence-electron chi connectivity index (χ0n) is 15.9. The molecule has 0 fully saturated rings. The second kappa shape index (κ2) is 10.4. The number of benzene rings is 1. The van der Waals surface area contributed by atoms with E-state index in [1.807, 2.05) is 19.1 Å². The summed E-state index contributed by atoms with van der Waals surface area (Å²) < 4.78 is 10.1. The Labute approximate surface area is 154 Å². The predicted octanol–water partition coefficient (Wildman–Crippen LogP) is 2.53. The van der Waals surface area contributed by atoms with Crippen LogP contribution in [0.1, 0.15) is 46.1 Å². The molecule has 0 saturated carbocycles. The molecule has 144 valence electrons. The number of hydrogen-bond donors (Lipinski definition) is 2. The van der Waals surface area contributed by atoms with E-state index in [4.69, 9.17) is 9.47 Å². The van der Waals surface area contributed by atoms with Crippen molar-refractivity contribution in [3.63, 3.8) is 0 Å². The molecule has 1 aromatic carbocycles. The number of imide groups is 1. The maximum absolute atomic E-state index is 11.6. The van der Waals surface area contributed by atoms with Crippen molar-refractivity contribution in [2.24, 2.45) is 0 Å². The highest BCUT2D eigenvalue weighted by atomic mass is 16.6. The fourth-order valence-corrected chi connectivity index (χ4v) is 1.97. The Hall–Kier alpha value is -2.57. The SMILES string of the molecule is CCCCNC(=O)NC(=O)COC(=O)COc1ccc(C(C)(C)C)cc1. The molecular weight excluding hydrogens is 336 g/mol. The number of hydrogen-bond acceptors (Lipinski definition) is 5. The van der Waals surface area contributed by atoms with E-state index in [0.717, 1.165) is 18.4 Å². The molecule has 3 amide bonds. The van der Waals surface area contributed by atoms with Crippen LogP contribution in [0.3, 0.4) is 0 Å². The zero-order chi connectivity index (χ0) is 19.6. The number of carbonyl (C=O) groups excluding carboxylic acids is 3. The molecule has 0 aliphatic rings. The van der Waals surface area contributed by atoms with Gasteiger partial charge in [-0.15, -0.1) is 0 Å². The highest BCUT2D eigenvalue weighted by molar-refractivity contribution is 5.95. The lowest BCUT2D eigenvalue weighted by atomic mass is 9.87. The van der Waals surface area contributed by atoms with Crippen molar-refractivity contribution in [2.45, 2.75) is 46.0 Å². The quantitative estimate of drug-likeness (QED) is 0.546. The molecule has 7 heteroatoms. The minimum atomic E-state index is -0.693. The number of urea groups is 1. The summed E-state index contributed by atoms with van der Waals surface area (Å²) in [5, 5.41) is 4.61. The Morgan fingerprint density at radius 2 is 1.69 bits per heavy atom. The van der Waals surface area contributed by atoms with E-state index in [-0.39, 0.29) is 12.0 Å². The van der Waals surface area contributed by atoms with Gasteiger partial charge in [0.25, 0.3) is 5.91 Å². The van der Waals surface area contributed by atoms with Crippen molar-refractivity contribution in [1.82, 2.24) is 10.6 Å². The molecule has 1 rings (SSSR count). The first-order valence-corrected chi connectivity index (χ1v) is 8.69. The maximum Gasteiger partial charge on any atom is 0.344 e. The third kappa shape index (κ3) is 8.50. The Kier molecular flexibility index (Phi) is 8.61. The van der Waals surface area contributed by atoms with Gasteiger partial charge in [0.05, 0.1) is 0 Å². The lowest BCUT2D eigenvalue weighted by molar-refractivity contribution is -0.150. The fourth-order valence-electron chi connectivity index (χ4n) is 1.97. The van der Waals surface area contributed by atoms with Crippen molar-refractivity contribution < 1.29 is 23.9 Å². The molecule has 0 bridgehead atoms. The van der Waals surface area contributed by atoms with E-state index in [0.29, 0.717) is 12.3 Å². The zero-order valence-corrected chi connectivity index (χ0v) is 15.9. The number of carbonyl (C=O) groups is 3. The summed E-state index contributed by atoms with van der Waals surface area (Å²) in [6.45, 7) is 7.94. The van der Waals surface area contributed by atoms with Gasteiger partial charge in [-0.1, -0.05) is 46.2 Å². The summed E-state index contributed by atoms with van der Waals surface area (Å²) in [6, 6.07) is 6.83. The molecule has 2 N–H and O–H groups in total. The van der Waals surface area contributed by atoms with E-state index in [9.17, 15) is 14.4 Å². The van der Waals surface area contributed by atoms with Crippen molar-refractivity contribution in [3.8, 4) is 5.75 Å². The first kappa shape index (κ1) is 21.5. The van der Waals surface area contributed by atoms with Crippen LogP contribution in [0.25, 0.3) is 0 Å². The lowest BCUT2D eigenvalue weighted by Crippen LogP contribution is -2.41. The van der Waals surface area contributed by atoms with Crippen LogP contribution in [0, 0.1) is 0 Å². The minimum absolute atomic E-state index is 0.0354. The largest absolute Gasteiger partial charge is 0.482 e. The first-order chi connectivity index (χ1) is 12.2. The molecule has 26 heavy (non-hydrogen) atoms. The smallest absolute Gasteiger partial charge is 0.344 e. The van der Waals surface area contributed by atoms with Gasteiger partial charge in [-0.05, 0) is 29.5 Å². The van der Waals surface area contributed by atoms with Crippen molar-refractivity contribution in [2.75, 3.05) is 19.8 Å². The molecule has 0 spiro atoms. The fraction of sp³-hybridized carbons (Fsp3) is 0.526. The van der Waals surface area contributed by atoms with Gasteiger partial charge >= 0.3 is 12.0 Å². The van der Waals surface area contributed by atoms with Gasteiger partial charge < -0.3 is 14.8 Å². The van der Waals surface area contributed by atoms with Gasteiger partial charge in [0, 0.05) is 6.54 Å². The molecule has 0 aliphatic carbocycles. The summed E-state index contributed by atoms with van der Waals surface area (Å²) >= 11 is 0. The molecule has 7 nitrogen and oxygen atoms in total. The molecule has 0 aromatic heterocycles. The van der Waals surface area contributed by atoms with Gasteiger partial charge in [0.2, 0.25) is 0 Å². The number of ether oxygens (including phenoxy) is 2. The Bertz CT molecular complexity index is 605. The van der Waals surface area contributed by atoms with Gasteiger partial charge in [0.1, 0.15) is 5.75 Å². The maximum atomic E-state index is 11.6. The third-order valence-corrected chi connectivity index (χ3v) is 3.51. The van der Waals surface area contributed by atoms with Crippen LogP contribution >= 0.6 is 0 Å². The molecule has 0 radical (unpaired) electrons. The van der Waals surface area contributed by atoms with Crippen LogP contribution in [0.15, 0.2) is 24.3 Å². The molecule has 1 aromatic rings.